The van der Waals surface area contributed by atoms with Crippen LogP contribution in [0.25, 0.3) is 0 Å². The summed E-state index contributed by atoms with van der Waals surface area (Å²) in [6.07, 6.45) is 0.646. The Morgan fingerprint density at radius 2 is 1.90 bits per heavy atom. The Labute approximate surface area is 129 Å². The van der Waals surface area contributed by atoms with Gasteiger partial charge in [-0.3, -0.25) is 9.59 Å². The lowest BCUT2D eigenvalue weighted by Gasteiger charge is -2.35. The maximum Gasteiger partial charge on any atom is 0.254 e. The summed E-state index contributed by atoms with van der Waals surface area (Å²) in [5, 5.41) is 3.75. The molecule has 0 aromatic carbocycles. The minimum atomic E-state index is -0.417. The Morgan fingerprint density at radius 3 is 2.40 bits per heavy atom. The van der Waals surface area contributed by atoms with Crippen molar-refractivity contribution in [3.63, 3.8) is 0 Å². The number of carbonyl (C=O) groups is 2. The molecule has 0 unspecified atom stereocenters. The van der Waals surface area contributed by atoms with Crippen molar-refractivity contribution < 1.29 is 9.59 Å². The topological polar surface area (TPSA) is 66.6 Å². The number of halogens is 1. The third-order valence-corrected chi connectivity index (χ3v) is 4.09. The van der Waals surface area contributed by atoms with Gasteiger partial charge in [-0.2, -0.15) is 11.3 Å². The molecular weight excluding hydrogens is 298 g/mol. The molecule has 1 atom stereocenters. The van der Waals surface area contributed by atoms with Gasteiger partial charge in [0, 0.05) is 31.6 Å². The second kappa shape index (κ2) is 7.61. The van der Waals surface area contributed by atoms with E-state index >= 15 is 0 Å². The minimum absolute atomic E-state index is 0. The molecule has 0 bridgehead atoms. The van der Waals surface area contributed by atoms with Gasteiger partial charge in [0.1, 0.15) is 0 Å². The van der Waals surface area contributed by atoms with Crippen LogP contribution < -0.4 is 5.73 Å². The molecule has 2 N–H and O–H groups in total. The van der Waals surface area contributed by atoms with Crippen LogP contribution in [-0.2, 0) is 4.79 Å². The normalized spacial score (nSPS) is 16.5. The summed E-state index contributed by atoms with van der Waals surface area (Å²) in [4.78, 5) is 27.6. The first-order valence-electron chi connectivity index (χ1n) is 6.49. The van der Waals surface area contributed by atoms with Crippen LogP contribution in [0.2, 0.25) is 0 Å². The van der Waals surface area contributed by atoms with E-state index in [1.807, 2.05) is 23.8 Å². The van der Waals surface area contributed by atoms with Gasteiger partial charge >= 0.3 is 0 Å². The van der Waals surface area contributed by atoms with Gasteiger partial charge in [0.25, 0.3) is 5.91 Å². The Kier molecular flexibility index (Phi) is 6.45. The molecule has 2 heterocycles. The lowest BCUT2D eigenvalue weighted by Crippen LogP contribution is -2.54. The predicted molar refractivity (Wildman–Crippen MR) is 82.3 cm³/mol. The molecule has 0 radical (unpaired) electrons. The highest BCUT2D eigenvalue weighted by atomic mass is 35.5. The summed E-state index contributed by atoms with van der Waals surface area (Å²) in [6, 6.07) is 1.41. The van der Waals surface area contributed by atoms with Crippen molar-refractivity contribution in [1.29, 1.82) is 0 Å². The van der Waals surface area contributed by atoms with Crippen LogP contribution in [0, 0.1) is 0 Å². The SMILES string of the molecule is CC[C@H](N)C(=O)N1CCN(C(=O)c2ccsc2)CC1.Cl. The number of piperazine rings is 1. The monoisotopic (exact) mass is 317 g/mol. The zero-order valence-electron chi connectivity index (χ0n) is 11.4. The van der Waals surface area contributed by atoms with Crippen molar-refractivity contribution in [3.05, 3.63) is 22.4 Å². The smallest absolute Gasteiger partial charge is 0.254 e. The van der Waals surface area contributed by atoms with E-state index in [4.69, 9.17) is 5.73 Å². The van der Waals surface area contributed by atoms with Crippen LogP contribution in [-0.4, -0.2) is 53.8 Å². The van der Waals surface area contributed by atoms with Crippen molar-refractivity contribution in [2.45, 2.75) is 19.4 Å². The number of rotatable bonds is 3. The van der Waals surface area contributed by atoms with Gasteiger partial charge in [-0.25, -0.2) is 0 Å². The quantitative estimate of drug-likeness (QED) is 0.910. The van der Waals surface area contributed by atoms with Crippen molar-refractivity contribution in [1.82, 2.24) is 9.80 Å². The van der Waals surface area contributed by atoms with E-state index in [0.717, 1.165) is 5.56 Å². The third-order valence-electron chi connectivity index (χ3n) is 3.40. The van der Waals surface area contributed by atoms with Crippen molar-refractivity contribution >= 4 is 35.6 Å². The molecule has 112 valence electrons. The summed E-state index contributed by atoms with van der Waals surface area (Å²) >= 11 is 1.52. The summed E-state index contributed by atoms with van der Waals surface area (Å²) in [6.45, 7) is 4.21. The number of nitrogens with zero attached hydrogens (tertiary/aromatic N) is 2. The first kappa shape index (κ1) is 16.9. The Hall–Kier alpha value is -1.11. The fourth-order valence-corrected chi connectivity index (χ4v) is 2.74. The third kappa shape index (κ3) is 3.71. The molecule has 7 heteroatoms. The zero-order valence-corrected chi connectivity index (χ0v) is 13.1. The highest BCUT2D eigenvalue weighted by Crippen LogP contribution is 2.12. The molecule has 1 aromatic heterocycles. The average Bonchev–Trinajstić information content (AvgIpc) is 2.99. The van der Waals surface area contributed by atoms with E-state index in [-0.39, 0.29) is 24.2 Å². The van der Waals surface area contributed by atoms with E-state index in [0.29, 0.717) is 32.6 Å². The van der Waals surface area contributed by atoms with Gasteiger partial charge < -0.3 is 15.5 Å². The zero-order chi connectivity index (χ0) is 13.8. The molecular formula is C13H20ClN3O2S. The summed E-state index contributed by atoms with van der Waals surface area (Å²) < 4.78 is 0. The Bertz CT molecular complexity index is 444. The minimum Gasteiger partial charge on any atom is -0.338 e. The first-order valence-corrected chi connectivity index (χ1v) is 7.43. The second-order valence-corrected chi connectivity index (χ2v) is 5.42. The number of hydrogen-bond acceptors (Lipinski definition) is 4. The van der Waals surface area contributed by atoms with Crippen molar-refractivity contribution in [2.24, 2.45) is 5.73 Å². The van der Waals surface area contributed by atoms with Crippen LogP contribution >= 0.6 is 23.7 Å². The molecule has 0 aliphatic carbocycles. The summed E-state index contributed by atoms with van der Waals surface area (Å²) in [5.74, 6) is 0.0401. The van der Waals surface area contributed by atoms with Gasteiger partial charge in [-0.1, -0.05) is 6.92 Å². The van der Waals surface area contributed by atoms with E-state index in [9.17, 15) is 9.59 Å². The van der Waals surface area contributed by atoms with Crippen LogP contribution in [0.15, 0.2) is 16.8 Å². The fraction of sp³-hybridized carbons (Fsp3) is 0.538. The largest absolute Gasteiger partial charge is 0.338 e. The van der Waals surface area contributed by atoms with Gasteiger partial charge in [0.2, 0.25) is 5.91 Å². The number of nitrogens with two attached hydrogens (primary N) is 1. The molecule has 2 rings (SSSR count). The van der Waals surface area contributed by atoms with E-state index in [1.165, 1.54) is 11.3 Å². The molecule has 1 aliphatic heterocycles. The van der Waals surface area contributed by atoms with E-state index < -0.39 is 6.04 Å². The molecule has 5 nitrogen and oxygen atoms in total. The van der Waals surface area contributed by atoms with Gasteiger partial charge in [-0.05, 0) is 17.9 Å². The lowest BCUT2D eigenvalue weighted by molar-refractivity contribution is -0.134. The fourth-order valence-electron chi connectivity index (χ4n) is 2.11. The number of hydrogen-bond donors (Lipinski definition) is 1. The van der Waals surface area contributed by atoms with Crippen LogP contribution in [0.5, 0.6) is 0 Å². The van der Waals surface area contributed by atoms with Crippen LogP contribution in [0.1, 0.15) is 23.7 Å². The molecule has 1 saturated heterocycles. The van der Waals surface area contributed by atoms with Gasteiger partial charge in [0.15, 0.2) is 0 Å². The Balaban J connectivity index is 0.00000200. The number of carbonyl (C=O) groups excluding carboxylic acids is 2. The molecule has 20 heavy (non-hydrogen) atoms. The molecule has 1 aliphatic rings. The lowest BCUT2D eigenvalue weighted by atomic mass is 10.2. The van der Waals surface area contributed by atoms with E-state index in [2.05, 4.69) is 0 Å². The summed E-state index contributed by atoms with van der Waals surface area (Å²) in [5.41, 5.74) is 6.48. The highest BCUT2D eigenvalue weighted by Gasteiger charge is 2.26. The molecule has 2 amide bonds. The molecule has 1 aromatic rings. The van der Waals surface area contributed by atoms with Gasteiger partial charge in [-0.15, -0.1) is 12.4 Å². The standard InChI is InChI=1S/C13H19N3O2S.ClH/c1-2-11(14)13(18)16-6-4-15(5-7-16)12(17)10-3-8-19-9-10;/h3,8-9,11H,2,4-7,14H2,1H3;1H/t11-;/m0./s1. The molecule has 0 spiro atoms. The highest BCUT2D eigenvalue weighted by molar-refractivity contribution is 7.08. The summed E-state index contributed by atoms with van der Waals surface area (Å²) in [7, 11) is 0. The average molecular weight is 318 g/mol. The van der Waals surface area contributed by atoms with E-state index in [1.54, 1.807) is 9.80 Å². The maximum absolute atomic E-state index is 12.1. The number of thiophene rings is 1. The second-order valence-electron chi connectivity index (χ2n) is 4.64. The first-order chi connectivity index (χ1) is 9.13. The Morgan fingerprint density at radius 1 is 1.30 bits per heavy atom. The van der Waals surface area contributed by atoms with Crippen LogP contribution in [0.3, 0.4) is 0 Å². The van der Waals surface area contributed by atoms with Gasteiger partial charge in [0.05, 0.1) is 11.6 Å². The number of amides is 2. The molecule has 0 saturated carbocycles. The molecule has 1 fully saturated rings. The van der Waals surface area contributed by atoms with Crippen LogP contribution in [0.4, 0.5) is 0 Å². The predicted octanol–water partition coefficient (Wildman–Crippen LogP) is 1.19. The van der Waals surface area contributed by atoms with Crippen molar-refractivity contribution in [3.8, 4) is 0 Å². The van der Waals surface area contributed by atoms with Crippen molar-refractivity contribution in [2.75, 3.05) is 26.2 Å². The maximum atomic E-state index is 12.1.